The fourth-order valence-electron chi connectivity index (χ4n) is 4.94. The highest BCUT2D eigenvalue weighted by atomic mass is 16.5. The molecule has 3 aliphatic rings. The molecule has 1 saturated heterocycles. The highest BCUT2D eigenvalue weighted by molar-refractivity contribution is 5.87. The molecule has 3 unspecified atom stereocenters. The summed E-state index contributed by atoms with van der Waals surface area (Å²) >= 11 is 0. The van der Waals surface area contributed by atoms with Crippen molar-refractivity contribution in [3.8, 4) is 5.75 Å². The number of aromatic nitrogens is 1. The Morgan fingerprint density at radius 2 is 1.93 bits per heavy atom. The number of benzene rings is 2. The molecule has 1 fully saturated rings. The first-order chi connectivity index (χ1) is 13.8. The highest BCUT2D eigenvalue weighted by Gasteiger charge is 2.46. The van der Waals surface area contributed by atoms with Crippen molar-refractivity contribution in [2.75, 3.05) is 13.2 Å². The number of amides is 1. The van der Waals surface area contributed by atoms with Crippen LogP contribution in [0.5, 0.6) is 5.75 Å². The number of hydrogen-bond donors (Lipinski definition) is 3. The van der Waals surface area contributed by atoms with E-state index in [9.17, 15) is 4.79 Å². The summed E-state index contributed by atoms with van der Waals surface area (Å²) in [5, 5.41) is 1.22. The molecule has 3 aromatic rings. The zero-order chi connectivity index (χ0) is 18.7. The van der Waals surface area contributed by atoms with Crippen molar-refractivity contribution in [2.24, 2.45) is 5.92 Å². The Labute approximate surface area is 162 Å². The van der Waals surface area contributed by atoms with Gasteiger partial charge < -0.3 is 14.6 Å². The van der Waals surface area contributed by atoms with E-state index in [-0.39, 0.29) is 23.9 Å². The molecule has 142 valence electrons. The van der Waals surface area contributed by atoms with Crippen molar-refractivity contribution >= 4 is 16.8 Å². The zero-order valence-corrected chi connectivity index (χ0v) is 15.4. The summed E-state index contributed by atoms with van der Waals surface area (Å²) in [6.07, 6.45) is 0.864. The number of carbonyl (C=O) groups excluding carboxylic acids is 1. The van der Waals surface area contributed by atoms with Crippen molar-refractivity contribution in [1.29, 1.82) is 0 Å². The van der Waals surface area contributed by atoms with Crippen LogP contribution in [-0.2, 0) is 17.8 Å². The SMILES string of the molecule is O=C(C1NNC2c3ccccc3OCC12)N1CCc2[nH]c3ccccc3c2C1. The first kappa shape index (κ1) is 16.2. The van der Waals surface area contributed by atoms with E-state index in [1.165, 1.54) is 16.6 Å². The summed E-state index contributed by atoms with van der Waals surface area (Å²) in [5.41, 5.74) is 11.4. The van der Waals surface area contributed by atoms with Gasteiger partial charge in [-0.15, -0.1) is 0 Å². The van der Waals surface area contributed by atoms with Gasteiger partial charge in [-0.1, -0.05) is 36.4 Å². The Bertz CT molecular complexity index is 1080. The summed E-state index contributed by atoms with van der Waals surface area (Å²) in [6, 6.07) is 16.2. The second-order valence-electron chi connectivity index (χ2n) is 7.89. The van der Waals surface area contributed by atoms with Gasteiger partial charge in [-0.05, 0) is 12.1 Å². The lowest BCUT2D eigenvalue weighted by atomic mass is 9.87. The number of hydrazine groups is 1. The molecule has 3 N–H and O–H groups in total. The van der Waals surface area contributed by atoms with Gasteiger partial charge in [-0.3, -0.25) is 4.79 Å². The van der Waals surface area contributed by atoms with Crippen LogP contribution >= 0.6 is 0 Å². The number of hydrogen-bond acceptors (Lipinski definition) is 4. The summed E-state index contributed by atoms with van der Waals surface area (Å²) in [4.78, 5) is 18.9. The molecule has 4 heterocycles. The van der Waals surface area contributed by atoms with E-state index in [2.05, 4.69) is 40.1 Å². The largest absolute Gasteiger partial charge is 0.493 e. The quantitative estimate of drug-likeness (QED) is 0.611. The molecule has 1 aromatic heterocycles. The van der Waals surface area contributed by atoms with Gasteiger partial charge in [-0.25, -0.2) is 10.9 Å². The normalized spacial score (nSPS) is 25.7. The predicted molar refractivity (Wildman–Crippen MR) is 106 cm³/mol. The fourth-order valence-corrected chi connectivity index (χ4v) is 4.94. The van der Waals surface area contributed by atoms with E-state index in [0.717, 1.165) is 29.8 Å². The molecule has 0 bridgehead atoms. The van der Waals surface area contributed by atoms with Crippen molar-refractivity contribution in [1.82, 2.24) is 20.7 Å². The second kappa shape index (κ2) is 6.09. The molecule has 1 amide bonds. The molecule has 0 aliphatic carbocycles. The van der Waals surface area contributed by atoms with E-state index in [4.69, 9.17) is 4.74 Å². The predicted octanol–water partition coefficient (Wildman–Crippen LogP) is 2.28. The topological polar surface area (TPSA) is 69.4 Å². The third-order valence-electron chi connectivity index (χ3n) is 6.40. The Morgan fingerprint density at radius 1 is 1.07 bits per heavy atom. The Hall–Kier alpha value is -2.83. The van der Waals surface area contributed by atoms with E-state index in [1.807, 2.05) is 29.2 Å². The smallest absolute Gasteiger partial charge is 0.241 e. The van der Waals surface area contributed by atoms with Crippen LogP contribution in [0.2, 0.25) is 0 Å². The first-order valence-electron chi connectivity index (χ1n) is 9.89. The maximum absolute atomic E-state index is 13.4. The van der Waals surface area contributed by atoms with Crippen molar-refractivity contribution < 1.29 is 9.53 Å². The van der Waals surface area contributed by atoms with Gasteiger partial charge in [0.2, 0.25) is 5.91 Å². The van der Waals surface area contributed by atoms with Crippen LogP contribution in [0.3, 0.4) is 0 Å². The molecule has 6 nitrogen and oxygen atoms in total. The molecule has 6 heteroatoms. The lowest BCUT2D eigenvalue weighted by Gasteiger charge is -2.33. The molecule has 2 aromatic carbocycles. The summed E-state index contributed by atoms with van der Waals surface area (Å²) in [6.45, 7) is 1.95. The molecule has 3 atom stereocenters. The molecule has 3 aliphatic heterocycles. The van der Waals surface area contributed by atoms with Crippen molar-refractivity contribution in [3.63, 3.8) is 0 Å². The Morgan fingerprint density at radius 3 is 2.89 bits per heavy atom. The molecular weight excluding hydrogens is 352 g/mol. The number of carbonyl (C=O) groups is 1. The van der Waals surface area contributed by atoms with Gasteiger partial charge in [0.15, 0.2) is 0 Å². The maximum Gasteiger partial charge on any atom is 0.241 e. The number of para-hydroxylation sites is 2. The van der Waals surface area contributed by atoms with Crippen molar-refractivity contribution in [2.45, 2.75) is 25.0 Å². The second-order valence-corrected chi connectivity index (χ2v) is 7.89. The first-order valence-corrected chi connectivity index (χ1v) is 9.89. The Balaban J connectivity index is 1.26. The Kier molecular flexibility index (Phi) is 3.51. The number of fused-ring (bicyclic) bond motifs is 6. The van der Waals surface area contributed by atoms with Crippen LogP contribution in [0, 0.1) is 5.92 Å². The van der Waals surface area contributed by atoms with Crippen LogP contribution in [0.4, 0.5) is 0 Å². The number of nitrogens with one attached hydrogen (secondary N) is 3. The van der Waals surface area contributed by atoms with E-state index in [1.54, 1.807) is 0 Å². The van der Waals surface area contributed by atoms with Gasteiger partial charge in [0, 0.05) is 53.2 Å². The third-order valence-corrected chi connectivity index (χ3v) is 6.40. The summed E-state index contributed by atoms with van der Waals surface area (Å²) < 4.78 is 5.95. The van der Waals surface area contributed by atoms with Gasteiger partial charge in [0.05, 0.1) is 12.6 Å². The lowest BCUT2D eigenvalue weighted by Crippen LogP contribution is -2.50. The van der Waals surface area contributed by atoms with Gasteiger partial charge in [0.25, 0.3) is 0 Å². The molecule has 0 spiro atoms. The maximum atomic E-state index is 13.4. The lowest BCUT2D eigenvalue weighted by molar-refractivity contribution is -0.135. The van der Waals surface area contributed by atoms with Crippen LogP contribution < -0.4 is 15.6 Å². The molecule has 28 heavy (non-hydrogen) atoms. The van der Waals surface area contributed by atoms with Gasteiger partial charge >= 0.3 is 0 Å². The monoisotopic (exact) mass is 374 g/mol. The number of aromatic amines is 1. The van der Waals surface area contributed by atoms with Crippen LogP contribution in [0.25, 0.3) is 10.9 Å². The average Bonchev–Trinajstić information content (AvgIpc) is 3.34. The van der Waals surface area contributed by atoms with E-state index < -0.39 is 0 Å². The van der Waals surface area contributed by atoms with Gasteiger partial charge in [0.1, 0.15) is 11.8 Å². The summed E-state index contributed by atoms with van der Waals surface area (Å²) in [5.74, 6) is 1.15. The number of rotatable bonds is 1. The number of H-pyrrole nitrogens is 1. The summed E-state index contributed by atoms with van der Waals surface area (Å²) in [7, 11) is 0. The standard InChI is InChI=1S/C22H22N4O2/c27-22(21-16-12-28-19-8-4-2-6-14(19)20(16)24-25-21)26-10-9-18-15(11-26)13-5-1-3-7-17(13)23-18/h1-8,16,20-21,23-25H,9-12H2. The fraction of sp³-hybridized carbons (Fsp3) is 0.318. The van der Waals surface area contributed by atoms with Gasteiger partial charge in [-0.2, -0.15) is 0 Å². The third kappa shape index (κ3) is 2.31. The zero-order valence-electron chi connectivity index (χ0n) is 15.4. The minimum absolute atomic E-state index is 0.0896. The number of ether oxygens (including phenoxy) is 1. The molecule has 6 rings (SSSR count). The minimum Gasteiger partial charge on any atom is -0.493 e. The molecule has 0 radical (unpaired) electrons. The highest BCUT2D eigenvalue weighted by Crippen LogP contribution is 2.39. The molecule has 0 saturated carbocycles. The van der Waals surface area contributed by atoms with E-state index >= 15 is 0 Å². The minimum atomic E-state index is -0.273. The van der Waals surface area contributed by atoms with Crippen LogP contribution in [0.15, 0.2) is 48.5 Å². The van der Waals surface area contributed by atoms with Crippen LogP contribution in [-0.4, -0.2) is 35.0 Å². The van der Waals surface area contributed by atoms with Crippen LogP contribution in [0.1, 0.15) is 22.9 Å². The average molecular weight is 374 g/mol. The van der Waals surface area contributed by atoms with Crippen molar-refractivity contribution in [3.05, 3.63) is 65.4 Å². The number of nitrogens with zero attached hydrogens (tertiary/aromatic N) is 1. The van der Waals surface area contributed by atoms with E-state index in [0.29, 0.717) is 13.2 Å². The molecular formula is C22H22N4O2.